The van der Waals surface area contributed by atoms with E-state index in [0.29, 0.717) is 24.4 Å². The smallest absolute Gasteiger partial charge is 0.220 e. The van der Waals surface area contributed by atoms with E-state index in [1.54, 1.807) is 0 Å². The molecule has 2 atom stereocenters. The minimum atomic E-state index is 0.240. The quantitative estimate of drug-likeness (QED) is 0.721. The molecule has 2 fully saturated rings. The fourth-order valence-electron chi connectivity index (χ4n) is 4.28. The number of para-hydroxylation sites is 1. The van der Waals surface area contributed by atoms with Crippen LogP contribution in [0.5, 0.6) is 0 Å². The van der Waals surface area contributed by atoms with Gasteiger partial charge in [-0.25, -0.2) is 0 Å². The molecule has 2 bridgehead atoms. The standard InChI is InChI=1S/C20H31N3O/c1-2-23(19-7-4-3-5-8-19)12-6-11-21-20(24)15-16-13-17-9-10-18(14-16)22-17/h3-5,7-8,16-18,22H,2,6,9-15H2,1H3,(H,21,24). The van der Waals surface area contributed by atoms with Crippen LogP contribution in [0.4, 0.5) is 5.69 Å². The summed E-state index contributed by atoms with van der Waals surface area (Å²) in [7, 11) is 0. The summed E-state index contributed by atoms with van der Waals surface area (Å²) >= 11 is 0. The van der Waals surface area contributed by atoms with E-state index in [9.17, 15) is 4.79 Å². The third-order valence-corrected chi connectivity index (χ3v) is 5.47. The average molecular weight is 329 g/mol. The summed E-state index contributed by atoms with van der Waals surface area (Å²) in [5.41, 5.74) is 1.26. The zero-order valence-electron chi connectivity index (χ0n) is 14.8. The Bertz CT molecular complexity index is 507. The molecule has 2 aliphatic heterocycles. The molecule has 132 valence electrons. The van der Waals surface area contributed by atoms with Crippen LogP contribution in [0.15, 0.2) is 30.3 Å². The molecule has 0 aliphatic carbocycles. The Labute approximate surface area is 146 Å². The molecular formula is C20H31N3O. The molecule has 2 aliphatic rings. The van der Waals surface area contributed by atoms with Crippen molar-refractivity contribution in [2.24, 2.45) is 5.92 Å². The highest BCUT2D eigenvalue weighted by molar-refractivity contribution is 5.76. The Kier molecular flexibility index (Phi) is 6.13. The molecule has 24 heavy (non-hydrogen) atoms. The van der Waals surface area contributed by atoms with Gasteiger partial charge in [0, 0.05) is 43.8 Å². The van der Waals surface area contributed by atoms with E-state index in [1.165, 1.54) is 31.4 Å². The van der Waals surface area contributed by atoms with Crippen molar-refractivity contribution in [2.45, 2.75) is 57.5 Å². The zero-order valence-corrected chi connectivity index (χ0v) is 14.8. The van der Waals surface area contributed by atoms with Crippen LogP contribution >= 0.6 is 0 Å². The van der Waals surface area contributed by atoms with Crippen LogP contribution in [0.1, 0.15) is 45.4 Å². The van der Waals surface area contributed by atoms with Crippen molar-refractivity contribution in [1.29, 1.82) is 0 Å². The molecule has 2 unspecified atom stereocenters. The highest BCUT2D eigenvalue weighted by Gasteiger charge is 2.34. The maximum atomic E-state index is 12.2. The van der Waals surface area contributed by atoms with E-state index in [0.717, 1.165) is 26.1 Å². The van der Waals surface area contributed by atoms with Gasteiger partial charge in [0.05, 0.1) is 0 Å². The molecule has 0 aromatic heterocycles. The summed E-state index contributed by atoms with van der Waals surface area (Å²) in [5, 5.41) is 6.77. The normalized spacial score (nSPS) is 25.5. The van der Waals surface area contributed by atoms with Crippen molar-refractivity contribution >= 4 is 11.6 Å². The lowest BCUT2D eigenvalue weighted by Gasteiger charge is -2.28. The molecule has 2 heterocycles. The minimum absolute atomic E-state index is 0.240. The number of nitrogens with one attached hydrogen (secondary N) is 2. The number of hydrogen-bond donors (Lipinski definition) is 2. The van der Waals surface area contributed by atoms with Crippen molar-refractivity contribution < 1.29 is 4.79 Å². The predicted octanol–water partition coefficient (Wildman–Crippen LogP) is 2.94. The molecule has 4 heteroatoms. The van der Waals surface area contributed by atoms with Gasteiger partial charge in [0.1, 0.15) is 0 Å². The van der Waals surface area contributed by atoms with Crippen LogP contribution in [-0.4, -0.2) is 37.6 Å². The topological polar surface area (TPSA) is 44.4 Å². The highest BCUT2D eigenvalue weighted by Crippen LogP contribution is 2.32. The maximum absolute atomic E-state index is 12.2. The first-order valence-electron chi connectivity index (χ1n) is 9.57. The van der Waals surface area contributed by atoms with Crippen LogP contribution < -0.4 is 15.5 Å². The summed E-state index contributed by atoms with van der Waals surface area (Å²) < 4.78 is 0. The Morgan fingerprint density at radius 3 is 2.58 bits per heavy atom. The van der Waals surface area contributed by atoms with Gasteiger partial charge in [0.25, 0.3) is 0 Å². The molecule has 1 aromatic carbocycles. The van der Waals surface area contributed by atoms with Gasteiger partial charge in [-0.3, -0.25) is 4.79 Å². The number of anilines is 1. The molecular weight excluding hydrogens is 298 g/mol. The number of hydrogen-bond acceptors (Lipinski definition) is 3. The van der Waals surface area contributed by atoms with Gasteiger partial charge in [-0.1, -0.05) is 18.2 Å². The number of fused-ring (bicyclic) bond motifs is 2. The lowest BCUT2D eigenvalue weighted by atomic mass is 9.89. The highest BCUT2D eigenvalue weighted by atomic mass is 16.1. The second-order valence-corrected chi connectivity index (χ2v) is 7.30. The van der Waals surface area contributed by atoms with E-state index in [2.05, 4.69) is 46.7 Å². The van der Waals surface area contributed by atoms with Gasteiger partial charge in [-0.05, 0) is 57.1 Å². The molecule has 1 amide bonds. The van der Waals surface area contributed by atoms with Crippen molar-refractivity contribution in [3.8, 4) is 0 Å². The van der Waals surface area contributed by atoms with Crippen LogP contribution in [0.3, 0.4) is 0 Å². The van der Waals surface area contributed by atoms with Gasteiger partial charge in [-0.15, -0.1) is 0 Å². The first kappa shape index (κ1) is 17.3. The van der Waals surface area contributed by atoms with Crippen molar-refractivity contribution in [3.63, 3.8) is 0 Å². The summed E-state index contributed by atoms with van der Waals surface area (Å²) in [6.45, 7) is 4.94. The monoisotopic (exact) mass is 329 g/mol. The molecule has 4 nitrogen and oxygen atoms in total. The number of carbonyl (C=O) groups is 1. The summed E-state index contributed by atoms with van der Waals surface area (Å²) in [6, 6.07) is 11.8. The largest absolute Gasteiger partial charge is 0.372 e. The molecule has 3 rings (SSSR count). The van der Waals surface area contributed by atoms with Gasteiger partial charge in [0.2, 0.25) is 5.91 Å². The van der Waals surface area contributed by atoms with Gasteiger partial charge >= 0.3 is 0 Å². The first-order chi connectivity index (χ1) is 11.7. The second kappa shape index (κ2) is 8.52. The van der Waals surface area contributed by atoms with Crippen molar-refractivity contribution in [3.05, 3.63) is 30.3 Å². The van der Waals surface area contributed by atoms with E-state index < -0.39 is 0 Å². The van der Waals surface area contributed by atoms with Crippen LogP contribution in [0.25, 0.3) is 0 Å². The minimum Gasteiger partial charge on any atom is -0.372 e. The molecule has 2 N–H and O–H groups in total. The Morgan fingerprint density at radius 1 is 1.21 bits per heavy atom. The SMILES string of the molecule is CCN(CCCNC(=O)CC1CC2CCC(C1)N2)c1ccccc1. The van der Waals surface area contributed by atoms with Crippen molar-refractivity contribution in [2.75, 3.05) is 24.5 Å². The van der Waals surface area contributed by atoms with Gasteiger partial charge in [-0.2, -0.15) is 0 Å². The number of amides is 1. The van der Waals surface area contributed by atoms with E-state index in [-0.39, 0.29) is 5.91 Å². The van der Waals surface area contributed by atoms with Crippen molar-refractivity contribution in [1.82, 2.24) is 10.6 Å². The molecule has 1 aromatic rings. The molecule has 0 saturated carbocycles. The molecule has 2 saturated heterocycles. The Morgan fingerprint density at radius 2 is 1.92 bits per heavy atom. The molecule has 0 spiro atoms. The number of carbonyl (C=O) groups excluding carboxylic acids is 1. The lowest BCUT2D eigenvalue weighted by Crippen LogP contribution is -2.40. The predicted molar refractivity (Wildman–Crippen MR) is 99.2 cm³/mol. The number of benzene rings is 1. The van der Waals surface area contributed by atoms with E-state index >= 15 is 0 Å². The van der Waals surface area contributed by atoms with Crippen LogP contribution in [0, 0.1) is 5.92 Å². The summed E-state index contributed by atoms with van der Waals surface area (Å²) in [6.07, 6.45) is 6.67. The Balaban J connectivity index is 1.33. The number of rotatable bonds is 8. The van der Waals surface area contributed by atoms with Crippen LogP contribution in [0.2, 0.25) is 0 Å². The summed E-state index contributed by atoms with van der Waals surface area (Å²) in [4.78, 5) is 14.5. The zero-order chi connectivity index (χ0) is 16.8. The maximum Gasteiger partial charge on any atom is 0.220 e. The third-order valence-electron chi connectivity index (χ3n) is 5.47. The number of piperidine rings is 1. The second-order valence-electron chi connectivity index (χ2n) is 7.30. The third kappa shape index (κ3) is 4.73. The van der Waals surface area contributed by atoms with Crippen LogP contribution in [-0.2, 0) is 4.79 Å². The molecule has 0 radical (unpaired) electrons. The van der Waals surface area contributed by atoms with E-state index in [4.69, 9.17) is 0 Å². The number of nitrogens with zero attached hydrogens (tertiary/aromatic N) is 1. The fourth-order valence-corrected chi connectivity index (χ4v) is 4.28. The van der Waals surface area contributed by atoms with Gasteiger partial charge in [0.15, 0.2) is 0 Å². The Hall–Kier alpha value is -1.55. The summed E-state index contributed by atoms with van der Waals surface area (Å²) in [5.74, 6) is 0.823. The fraction of sp³-hybridized carbons (Fsp3) is 0.650. The first-order valence-corrected chi connectivity index (χ1v) is 9.57. The average Bonchev–Trinajstić information content (AvgIpc) is 2.94. The van der Waals surface area contributed by atoms with E-state index in [1.807, 2.05) is 6.07 Å². The van der Waals surface area contributed by atoms with Gasteiger partial charge < -0.3 is 15.5 Å². The lowest BCUT2D eigenvalue weighted by molar-refractivity contribution is -0.122.